The zero-order valence-electron chi connectivity index (χ0n) is 17.6. The van der Waals surface area contributed by atoms with Crippen molar-refractivity contribution in [1.29, 1.82) is 0 Å². The number of aryl methyl sites for hydroxylation is 2. The number of hydrogen-bond donors (Lipinski definition) is 0. The highest BCUT2D eigenvalue weighted by atomic mass is 32.2. The molecule has 4 rings (SSSR count). The van der Waals surface area contributed by atoms with E-state index in [0.717, 1.165) is 17.2 Å². The number of imidazole rings is 1. The van der Waals surface area contributed by atoms with Gasteiger partial charge in [-0.15, -0.1) is 0 Å². The van der Waals surface area contributed by atoms with Crippen molar-refractivity contribution >= 4 is 15.8 Å². The highest BCUT2D eigenvalue weighted by Crippen LogP contribution is 2.21. The van der Waals surface area contributed by atoms with Crippen LogP contribution in [0.1, 0.15) is 31.3 Å². The van der Waals surface area contributed by atoms with Gasteiger partial charge >= 0.3 is 0 Å². The summed E-state index contributed by atoms with van der Waals surface area (Å²) in [5, 5.41) is 4.57. The Morgan fingerprint density at radius 3 is 2.27 bits per heavy atom. The molecule has 1 aliphatic rings. The average molecular weight is 431 g/mol. The van der Waals surface area contributed by atoms with E-state index in [-0.39, 0.29) is 11.1 Å². The Morgan fingerprint density at radius 1 is 0.967 bits per heavy atom. The lowest BCUT2D eigenvalue weighted by Crippen LogP contribution is -2.49. The molecule has 0 aromatic carbocycles. The van der Waals surface area contributed by atoms with Gasteiger partial charge in [0.2, 0.25) is 0 Å². The van der Waals surface area contributed by atoms with E-state index in [2.05, 4.69) is 25.0 Å². The van der Waals surface area contributed by atoms with Gasteiger partial charge in [-0.3, -0.25) is 0 Å². The maximum Gasteiger partial charge on any atom is 0.262 e. The summed E-state index contributed by atoms with van der Waals surface area (Å²) in [6, 6.07) is 4.03. The Morgan fingerprint density at radius 2 is 1.67 bits per heavy atom. The van der Waals surface area contributed by atoms with Gasteiger partial charge in [0.25, 0.3) is 10.0 Å². The largest absolute Gasteiger partial charge is 0.354 e. The molecule has 3 aromatic heterocycles. The van der Waals surface area contributed by atoms with Gasteiger partial charge < -0.3 is 9.47 Å². The normalized spacial score (nSPS) is 15.8. The molecular formula is C19H26N8O2S. The van der Waals surface area contributed by atoms with Crippen LogP contribution in [-0.4, -0.2) is 68.2 Å². The zero-order valence-corrected chi connectivity index (χ0v) is 18.4. The van der Waals surface area contributed by atoms with Gasteiger partial charge in [-0.25, -0.2) is 28.1 Å². The molecule has 0 spiro atoms. The monoisotopic (exact) mass is 430 g/mol. The van der Waals surface area contributed by atoms with Crippen LogP contribution in [0.25, 0.3) is 5.82 Å². The lowest BCUT2D eigenvalue weighted by Gasteiger charge is -2.34. The third-order valence-electron chi connectivity index (χ3n) is 5.21. The van der Waals surface area contributed by atoms with Crippen LogP contribution in [0.2, 0.25) is 0 Å². The van der Waals surface area contributed by atoms with Crippen molar-refractivity contribution in [2.45, 2.75) is 38.8 Å². The van der Waals surface area contributed by atoms with Crippen LogP contribution < -0.4 is 4.90 Å². The highest BCUT2D eigenvalue weighted by molar-refractivity contribution is 7.89. The predicted molar refractivity (Wildman–Crippen MR) is 112 cm³/mol. The summed E-state index contributed by atoms with van der Waals surface area (Å²) in [4.78, 5) is 14.9. The van der Waals surface area contributed by atoms with Crippen molar-refractivity contribution in [3.63, 3.8) is 0 Å². The van der Waals surface area contributed by atoms with Crippen LogP contribution in [0.15, 0.2) is 36.0 Å². The Labute approximate surface area is 176 Å². The van der Waals surface area contributed by atoms with Crippen molar-refractivity contribution in [3.05, 3.63) is 42.4 Å². The summed E-state index contributed by atoms with van der Waals surface area (Å²) in [6.45, 7) is 9.71. The summed E-state index contributed by atoms with van der Waals surface area (Å²) in [5.74, 6) is 1.45. The lowest BCUT2D eigenvalue weighted by atomic mass is 10.3. The molecule has 0 N–H and O–H groups in total. The fourth-order valence-electron chi connectivity index (χ4n) is 3.51. The number of sulfonamides is 1. The number of aromatic nitrogens is 6. The van der Waals surface area contributed by atoms with E-state index in [0.29, 0.717) is 32.0 Å². The van der Waals surface area contributed by atoms with Gasteiger partial charge in [-0.2, -0.15) is 9.40 Å². The van der Waals surface area contributed by atoms with Gasteiger partial charge in [0.15, 0.2) is 10.8 Å². The molecule has 1 aliphatic heterocycles. The molecular weight excluding hydrogens is 404 g/mol. The third kappa shape index (κ3) is 3.82. The second-order valence-corrected chi connectivity index (χ2v) is 9.60. The first-order valence-corrected chi connectivity index (χ1v) is 11.3. The summed E-state index contributed by atoms with van der Waals surface area (Å²) < 4.78 is 30.9. The minimum absolute atomic E-state index is 0.0958. The number of rotatable bonds is 5. The fraction of sp³-hybridized carbons (Fsp3) is 0.474. The lowest BCUT2D eigenvalue weighted by molar-refractivity contribution is 0.382. The number of piperazine rings is 1. The van der Waals surface area contributed by atoms with Gasteiger partial charge in [-0.05, 0) is 33.8 Å². The SMILES string of the molecule is Cc1cc(C)n(-c2cc(N3CCN(S(=O)(=O)c4cn(C(C)C)cn4)CC3)ncn2)n1. The average Bonchev–Trinajstić information content (AvgIpc) is 3.35. The molecule has 160 valence electrons. The van der Waals surface area contributed by atoms with Crippen LogP contribution in [0.3, 0.4) is 0 Å². The standard InChI is InChI=1S/C19H26N8O2S/c1-14(2)25-11-19(22-13-25)30(28,29)26-7-5-24(6-8-26)17-10-18(21-12-20-17)27-16(4)9-15(3)23-27/h9-14H,5-8H2,1-4H3. The Kier molecular flexibility index (Phi) is 5.33. The third-order valence-corrected chi connectivity index (χ3v) is 6.99. The van der Waals surface area contributed by atoms with E-state index in [4.69, 9.17) is 0 Å². The molecule has 0 saturated carbocycles. The first-order valence-electron chi connectivity index (χ1n) is 9.90. The van der Waals surface area contributed by atoms with E-state index >= 15 is 0 Å². The molecule has 0 atom stereocenters. The first-order chi connectivity index (χ1) is 14.3. The number of nitrogens with zero attached hydrogens (tertiary/aromatic N) is 8. The molecule has 0 radical (unpaired) electrons. The molecule has 30 heavy (non-hydrogen) atoms. The molecule has 0 unspecified atom stereocenters. The maximum atomic E-state index is 12.9. The predicted octanol–water partition coefficient (Wildman–Crippen LogP) is 1.57. The van der Waals surface area contributed by atoms with Crippen LogP contribution in [0.4, 0.5) is 5.82 Å². The van der Waals surface area contributed by atoms with Crippen LogP contribution in [0.5, 0.6) is 0 Å². The van der Waals surface area contributed by atoms with Crippen molar-refractivity contribution in [2.75, 3.05) is 31.1 Å². The van der Waals surface area contributed by atoms with Crippen LogP contribution in [0, 0.1) is 13.8 Å². The Hall–Kier alpha value is -2.79. The van der Waals surface area contributed by atoms with Crippen molar-refractivity contribution < 1.29 is 8.42 Å². The molecule has 1 saturated heterocycles. The Bertz CT molecular complexity index is 1140. The molecule has 0 bridgehead atoms. The minimum atomic E-state index is -3.61. The zero-order chi connectivity index (χ0) is 21.5. The van der Waals surface area contributed by atoms with E-state index in [1.54, 1.807) is 21.8 Å². The van der Waals surface area contributed by atoms with Gasteiger partial charge in [0.1, 0.15) is 12.1 Å². The summed E-state index contributed by atoms with van der Waals surface area (Å²) in [7, 11) is -3.61. The summed E-state index contributed by atoms with van der Waals surface area (Å²) in [6.07, 6.45) is 4.68. The highest BCUT2D eigenvalue weighted by Gasteiger charge is 2.31. The van der Waals surface area contributed by atoms with Crippen molar-refractivity contribution in [3.8, 4) is 5.82 Å². The van der Waals surface area contributed by atoms with Gasteiger partial charge in [-0.1, -0.05) is 0 Å². The first kappa shape index (κ1) is 20.5. The van der Waals surface area contributed by atoms with E-state index in [9.17, 15) is 8.42 Å². The van der Waals surface area contributed by atoms with E-state index in [1.807, 2.05) is 39.8 Å². The van der Waals surface area contributed by atoms with E-state index < -0.39 is 10.0 Å². The van der Waals surface area contributed by atoms with Crippen molar-refractivity contribution in [1.82, 2.24) is 33.6 Å². The fourth-order valence-corrected chi connectivity index (χ4v) is 4.85. The smallest absolute Gasteiger partial charge is 0.262 e. The van der Waals surface area contributed by atoms with E-state index in [1.165, 1.54) is 10.6 Å². The number of hydrogen-bond acceptors (Lipinski definition) is 7. The number of anilines is 1. The van der Waals surface area contributed by atoms with Crippen LogP contribution >= 0.6 is 0 Å². The van der Waals surface area contributed by atoms with Crippen molar-refractivity contribution in [2.24, 2.45) is 0 Å². The summed E-state index contributed by atoms with van der Waals surface area (Å²) >= 11 is 0. The second kappa shape index (κ2) is 7.80. The molecule has 10 nitrogen and oxygen atoms in total. The minimum Gasteiger partial charge on any atom is -0.354 e. The molecule has 1 fully saturated rings. The summed E-state index contributed by atoms with van der Waals surface area (Å²) in [5.41, 5.74) is 1.92. The van der Waals surface area contributed by atoms with Gasteiger partial charge in [0.05, 0.1) is 12.0 Å². The topological polar surface area (TPSA) is 102 Å². The Balaban J connectivity index is 1.48. The molecule has 0 aliphatic carbocycles. The van der Waals surface area contributed by atoms with Gasteiger partial charge in [0, 0.05) is 50.2 Å². The quantitative estimate of drug-likeness (QED) is 0.605. The molecule has 11 heteroatoms. The molecule has 4 heterocycles. The second-order valence-electron chi connectivity index (χ2n) is 7.72. The molecule has 3 aromatic rings. The molecule has 0 amide bonds. The van der Waals surface area contributed by atoms with Crippen LogP contribution in [-0.2, 0) is 10.0 Å². The maximum absolute atomic E-state index is 12.9.